The lowest BCUT2D eigenvalue weighted by Crippen LogP contribution is -2.10. The molecule has 2 aromatic rings. The lowest BCUT2D eigenvalue weighted by Gasteiger charge is -2.10. The number of fused-ring (bicyclic) bond motifs is 1. The van der Waals surface area contributed by atoms with Crippen molar-refractivity contribution in [3.05, 3.63) is 18.1 Å². The number of nitrogens with two attached hydrogens (primary N) is 1. The minimum Gasteiger partial charge on any atom is -0.324 e. The van der Waals surface area contributed by atoms with Crippen LogP contribution in [0.5, 0.6) is 0 Å². The molecular formula is C9H13N5. The summed E-state index contributed by atoms with van der Waals surface area (Å²) >= 11 is 0. The second kappa shape index (κ2) is 3.34. The Kier molecular flexibility index (Phi) is 2.17. The summed E-state index contributed by atoms with van der Waals surface area (Å²) < 4.78 is 2.02. The second-order valence-electron chi connectivity index (χ2n) is 3.44. The van der Waals surface area contributed by atoms with Crippen molar-refractivity contribution >= 4 is 11.2 Å². The maximum absolute atomic E-state index is 5.62. The molecule has 5 nitrogen and oxygen atoms in total. The number of rotatable bonds is 2. The van der Waals surface area contributed by atoms with Gasteiger partial charge in [-0.05, 0) is 19.9 Å². The van der Waals surface area contributed by atoms with E-state index in [1.807, 2.05) is 10.6 Å². The van der Waals surface area contributed by atoms with Crippen LogP contribution in [0.1, 0.15) is 25.7 Å². The molecule has 0 saturated heterocycles. The Labute approximate surface area is 82.0 Å². The summed E-state index contributed by atoms with van der Waals surface area (Å²) in [6.45, 7) is 4.58. The zero-order valence-corrected chi connectivity index (χ0v) is 8.31. The first-order valence-electron chi connectivity index (χ1n) is 4.62. The molecular weight excluding hydrogens is 178 g/mol. The van der Waals surface area contributed by atoms with Gasteiger partial charge in [-0.3, -0.25) is 0 Å². The summed E-state index contributed by atoms with van der Waals surface area (Å²) in [5.74, 6) is 0.857. The van der Waals surface area contributed by atoms with E-state index in [2.05, 4.69) is 29.0 Å². The summed E-state index contributed by atoms with van der Waals surface area (Å²) in [5, 5.41) is 7.92. The SMILES string of the molecule is CC(C)n1c(CN)nc2ccnnc21. The van der Waals surface area contributed by atoms with Crippen molar-refractivity contribution in [2.24, 2.45) is 5.73 Å². The lowest BCUT2D eigenvalue weighted by molar-refractivity contribution is 0.579. The molecule has 0 radical (unpaired) electrons. The average Bonchev–Trinajstić information content (AvgIpc) is 2.55. The van der Waals surface area contributed by atoms with E-state index < -0.39 is 0 Å². The monoisotopic (exact) mass is 191 g/mol. The number of imidazole rings is 1. The van der Waals surface area contributed by atoms with E-state index in [4.69, 9.17) is 5.73 Å². The van der Waals surface area contributed by atoms with Gasteiger partial charge in [0.05, 0.1) is 12.7 Å². The van der Waals surface area contributed by atoms with Crippen LogP contribution < -0.4 is 5.73 Å². The molecule has 0 aliphatic rings. The number of nitrogens with zero attached hydrogens (tertiary/aromatic N) is 4. The fourth-order valence-corrected chi connectivity index (χ4v) is 1.58. The van der Waals surface area contributed by atoms with Crippen LogP contribution in [0.2, 0.25) is 0 Å². The molecule has 0 spiro atoms. The maximum atomic E-state index is 5.62. The molecule has 2 N–H and O–H groups in total. The average molecular weight is 191 g/mol. The number of hydrogen-bond acceptors (Lipinski definition) is 4. The Morgan fingerprint density at radius 3 is 2.93 bits per heavy atom. The second-order valence-corrected chi connectivity index (χ2v) is 3.44. The molecule has 0 aromatic carbocycles. The first-order valence-corrected chi connectivity index (χ1v) is 4.62. The minimum absolute atomic E-state index is 0.301. The van der Waals surface area contributed by atoms with Gasteiger partial charge in [0.15, 0.2) is 5.65 Å². The third kappa shape index (κ3) is 1.26. The third-order valence-corrected chi connectivity index (χ3v) is 2.14. The molecule has 0 atom stereocenters. The molecule has 0 unspecified atom stereocenters. The lowest BCUT2D eigenvalue weighted by atomic mass is 10.3. The quantitative estimate of drug-likeness (QED) is 0.764. The maximum Gasteiger partial charge on any atom is 0.182 e. The molecule has 0 amide bonds. The fraction of sp³-hybridized carbons (Fsp3) is 0.444. The first-order chi connectivity index (χ1) is 6.74. The summed E-state index contributed by atoms with van der Waals surface area (Å²) in [6.07, 6.45) is 1.64. The van der Waals surface area contributed by atoms with E-state index in [1.54, 1.807) is 6.20 Å². The van der Waals surface area contributed by atoms with Crippen molar-refractivity contribution in [1.82, 2.24) is 19.7 Å². The van der Waals surface area contributed by atoms with Gasteiger partial charge in [0.2, 0.25) is 0 Å². The van der Waals surface area contributed by atoms with E-state index >= 15 is 0 Å². The molecule has 0 saturated carbocycles. The molecule has 14 heavy (non-hydrogen) atoms. The van der Waals surface area contributed by atoms with E-state index in [1.165, 1.54) is 0 Å². The summed E-state index contributed by atoms with van der Waals surface area (Å²) in [6, 6.07) is 2.15. The highest BCUT2D eigenvalue weighted by Gasteiger charge is 2.12. The minimum atomic E-state index is 0.301. The van der Waals surface area contributed by atoms with Crippen molar-refractivity contribution in [3.8, 4) is 0 Å². The molecule has 2 aromatic heterocycles. The van der Waals surface area contributed by atoms with Crippen LogP contribution in [0, 0.1) is 0 Å². The first kappa shape index (κ1) is 9.08. The predicted octanol–water partition coefficient (Wildman–Crippen LogP) is 0.866. The Bertz CT molecular complexity index is 445. The molecule has 5 heteroatoms. The van der Waals surface area contributed by atoms with Crippen molar-refractivity contribution < 1.29 is 0 Å². The Hall–Kier alpha value is -1.49. The Morgan fingerprint density at radius 1 is 1.50 bits per heavy atom. The molecule has 0 aliphatic carbocycles. The zero-order valence-electron chi connectivity index (χ0n) is 8.31. The molecule has 2 rings (SSSR count). The molecule has 2 heterocycles. The van der Waals surface area contributed by atoms with Gasteiger partial charge in [0.1, 0.15) is 11.3 Å². The summed E-state index contributed by atoms with van der Waals surface area (Å²) in [7, 11) is 0. The van der Waals surface area contributed by atoms with E-state index in [9.17, 15) is 0 Å². The van der Waals surface area contributed by atoms with Crippen molar-refractivity contribution in [3.63, 3.8) is 0 Å². The van der Waals surface area contributed by atoms with Gasteiger partial charge in [0, 0.05) is 6.04 Å². The number of hydrogen-bond donors (Lipinski definition) is 1. The van der Waals surface area contributed by atoms with E-state index in [-0.39, 0.29) is 0 Å². The van der Waals surface area contributed by atoms with Gasteiger partial charge in [-0.1, -0.05) is 0 Å². The van der Waals surface area contributed by atoms with Crippen LogP contribution in [0.15, 0.2) is 12.3 Å². The van der Waals surface area contributed by atoms with Gasteiger partial charge in [-0.25, -0.2) is 4.98 Å². The molecule has 74 valence electrons. The third-order valence-electron chi connectivity index (χ3n) is 2.14. The predicted molar refractivity (Wildman–Crippen MR) is 53.6 cm³/mol. The van der Waals surface area contributed by atoms with Crippen LogP contribution in [0.25, 0.3) is 11.2 Å². The van der Waals surface area contributed by atoms with Crippen LogP contribution in [-0.2, 0) is 6.54 Å². The number of aromatic nitrogens is 4. The highest BCUT2D eigenvalue weighted by molar-refractivity contribution is 5.70. The van der Waals surface area contributed by atoms with Crippen molar-refractivity contribution in [2.75, 3.05) is 0 Å². The smallest absolute Gasteiger partial charge is 0.182 e. The van der Waals surface area contributed by atoms with Gasteiger partial charge in [-0.2, -0.15) is 5.10 Å². The molecule has 0 bridgehead atoms. The van der Waals surface area contributed by atoms with Crippen molar-refractivity contribution in [2.45, 2.75) is 26.4 Å². The highest BCUT2D eigenvalue weighted by Crippen LogP contribution is 2.17. The van der Waals surface area contributed by atoms with E-state index in [0.717, 1.165) is 17.0 Å². The topological polar surface area (TPSA) is 69.6 Å². The summed E-state index contributed by atoms with van der Waals surface area (Å²) in [5.41, 5.74) is 7.28. The standard InChI is InChI=1S/C9H13N5/c1-6(2)14-8(5-10)12-7-3-4-11-13-9(7)14/h3-4,6H,5,10H2,1-2H3. The van der Waals surface area contributed by atoms with Gasteiger partial charge < -0.3 is 10.3 Å². The van der Waals surface area contributed by atoms with Crippen molar-refractivity contribution in [1.29, 1.82) is 0 Å². The van der Waals surface area contributed by atoms with Crippen LogP contribution >= 0.6 is 0 Å². The van der Waals surface area contributed by atoms with E-state index in [0.29, 0.717) is 12.6 Å². The zero-order chi connectivity index (χ0) is 10.1. The Balaban J connectivity index is 2.74. The van der Waals surface area contributed by atoms with Crippen LogP contribution in [0.3, 0.4) is 0 Å². The van der Waals surface area contributed by atoms with Crippen LogP contribution in [0.4, 0.5) is 0 Å². The largest absolute Gasteiger partial charge is 0.324 e. The highest BCUT2D eigenvalue weighted by atomic mass is 15.2. The summed E-state index contributed by atoms with van der Waals surface area (Å²) in [4.78, 5) is 4.39. The molecule has 0 fully saturated rings. The van der Waals surface area contributed by atoms with Gasteiger partial charge >= 0.3 is 0 Å². The fourth-order valence-electron chi connectivity index (χ4n) is 1.58. The molecule has 0 aliphatic heterocycles. The Morgan fingerprint density at radius 2 is 2.29 bits per heavy atom. The normalized spacial score (nSPS) is 11.4. The van der Waals surface area contributed by atoms with Crippen LogP contribution in [-0.4, -0.2) is 19.7 Å². The van der Waals surface area contributed by atoms with Gasteiger partial charge in [-0.15, -0.1) is 5.10 Å². The van der Waals surface area contributed by atoms with Gasteiger partial charge in [0.25, 0.3) is 0 Å².